The molecule has 0 radical (unpaired) electrons. The van der Waals surface area contributed by atoms with Gasteiger partial charge in [-0.3, -0.25) is 13.8 Å². The number of fused-ring (bicyclic) bond motifs is 2. The summed E-state index contributed by atoms with van der Waals surface area (Å²) in [5.41, 5.74) is -1.08. The van der Waals surface area contributed by atoms with E-state index in [0.29, 0.717) is 0 Å². The van der Waals surface area contributed by atoms with Crippen LogP contribution in [0.1, 0.15) is 35.0 Å². The van der Waals surface area contributed by atoms with E-state index < -0.39 is 52.2 Å². The second-order valence-electron chi connectivity index (χ2n) is 8.69. The van der Waals surface area contributed by atoms with Gasteiger partial charge in [-0.2, -0.15) is 8.42 Å². The summed E-state index contributed by atoms with van der Waals surface area (Å²) in [5.74, 6) is -2.10. The van der Waals surface area contributed by atoms with Crippen LogP contribution >= 0.6 is 0 Å². The summed E-state index contributed by atoms with van der Waals surface area (Å²) in [4.78, 5) is 49.6. The van der Waals surface area contributed by atoms with Gasteiger partial charge in [-0.05, 0) is 38.1 Å². The summed E-state index contributed by atoms with van der Waals surface area (Å²) in [7, 11) is -4.00. The molecule has 0 N–H and O–H groups in total. The van der Waals surface area contributed by atoms with Crippen molar-refractivity contribution in [3.63, 3.8) is 0 Å². The molecule has 42 heavy (non-hydrogen) atoms. The Hall–Kier alpha value is -4.69. The molecule has 4 rings (SSSR count). The number of hydrogen-bond donors (Lipinski definition) is 0. The Balaban J connectivity index is 1.58. The van der Waals surface area contributed by atoms with Crippen LogP contribution in [0.2, 0.25) is 0 Å². The van der Waals surface area contributed by atoms with Gasteiger partial charge in [0.15, 0.2) is 10.9 Å². The average Bonchev–Trinajstić information content (AvgIpc) is 2.93. The standard InChI is InChI=1S/C28H26O13S/c1-4-35-27(31)23-12-17(29)25-19(8-6-10-21(25)39-23)37-14-16(41-42(3,33)34)15-38-20-9-7-11-22-26(20)18(30)13-24(40-22)28(32)36-5-2/h6-13,16H,4-5,14-15H2,1-3H3. The zero-order valence-corrected chi connectivity index (χ0v) is 23.6. The van der Waals surface area contributed by atoms with Gasteiger partial charge in [0, 0.05) is 12.1 Å². The molecule has 0 fully saturated rings. The Morgan fingerprint density at radius 1 is 0.762 bits per heavy atom. The van der Waals surface area contributed by atoms with Gasteiger partial charge in [-0.1, -0.05) is 12.1 Å². The quantitative estimate of drug-likeness (QED) is 0.171. The number of hydrogen-bond acceptors (Lipinski definition) is 13. The maximum atomic E-state index is 12.8. The molecular weight excluding hydrogens is 576 g/mol. The number of rotatable bonds is 12. The van der Waals surface area contributed by atoms with Crippen LogP contribution in [-0.2, 0) is 23.8 Å². The van der Waals surface area contributed by atoms with E-state index in [1.54, 1.807) is 13.8 Å². The molecule has 0 unspecified atom stereocenters. The fourth-order valence-electron chi connectivity index (χ4n) is 3.92. The van der Waals surface area contributed by atoms with E-state index in [-0.39, 0.29) is 58.2 Å². The van der Waals surface area contributed by atoms with E-state index in [1.807, 2.05) is 0 Å². The summed E-state index contributed by atoms with van der Waals surface area (Å²) in [6, 6.07) is 10.8. The van der Waals surface area contributed by atoms with Crippen molar-refractivity contribution in [1.82, 2.24) is 0 Å². The number of esters is 2. The number of ether oxygens (including phenoxy) is 4. The predicted octanol–water partition coefficient (Wildman–Crippen LogP) is 3.06. The molecule has 4 aromatic rings. The van der Waals surface area contributed by atoms with Crippen molar-refractivity contribution in [3.05, 3.63) is 80.5 Å². The monoisotopic (exact) mass is 602 g/mol. The first-order valence-corrected chi connectivity index (χ1v) is 14.4. The zero-order chi connectivity index (χ0) is 30.4. The lowest BCUT2D eigenvalue weighted by Crippen LogP contribution is -2.31. The van der Waals surface area contributed by atoms with Crippen molar-refractivity contribution < 1.29 is 50.0 Å². The minimum atomic E-state index is -4.00. The fraction of sp³-hybridized carbons (Fsp3) is 0.286. The first kappa shape index (κ1) is 30.3. The van der Waals surface area contributed by atoms with E-state index >= 15 is 0 Å². The Labute approximate surface area is 238 Å². The van der Waals surface area contributed by atoms with E-state index in [4.69, 9.17) is 32.0 Å². The van der Waals surface area contributed by atoms with Crippen LogP contribution in [0.25, 0.3) is 21.9 Å². The van der Waals surface area contributed by atoms with Crippen molar-refractivity contribution in [2.45, 2.75) is 20.0 Å². The van der Waals surface area contributed by atoms with Gasteiger partial charge in [0.05, 0.1) is 19.5 Å². The van der Waals surface area contributed by atoms with Crippen molar-refractivity contribution in [3.8, 4) is 11.5 Å². The Morgan fingerprint density at radius 2 is 1.19 bits per heavy atom. The summed E-state index contributed by atoms with van der Waals surface area (Å²) < 4.78 is 61.3. The van der Waals surface area contributed by atoms with Gasteiger partial charge in [0.2, 0.25) is 11.5 Å². The van der Waals surface area contributed by atoms with E-state index in [2.05, 4.69) is 0 Å². The number of carbonyl (C=O) groups is 2. The highest BCUT2D eigenvalue weighted by Gasteiger charge is 2.22. The lowest BCUT2D eigenvalue weighted by Gasteiger charge is -2.19. The molecule has 2 heterocycles. The zero-order valence-electron chi connectivity index (χ0n) is 22.7. The molecule has 0 aliphatic rings. The highest BCUT2D eigenvalue weighted by molar-refractivity contribution is 7.86. The van der Waals surface area contributed by atoms with Crippen molar-refractivity contribution in [1.29, 1.82) is 0 Å². The molecule has 0 aliphatic heterocycles. The maximum Gasteiger partial charge on any atom is 0.374 e. The SMILES string of the molecule is CCOC(=O)c1cc(=O)c2c(OCC(COc3cccc4oc(C(=O)OCC)cc(=O)c34)OS(C)(=O)=O)cccc2o1. The van der Waals surface area contributed by atoms with Crippen molar-refractivity contribution in [2.24, 2.45) is 0 Å². The normalized spacial score (nSPS) is 11.5. The summed E-state index contributed by atoms with van der Waals surface area (Å²) in [5, 5.41) is 0.0160. The van der Waals surface area contributed by atoms with Crippen LogP contribution in [0.4, 0.5) is 0 Å². The van der Waals surface area contributed by atoms with Crippen LogP contribution < -0.4 is 20.3 Å². The van der Waals surface area contributed by atoms with Gasteiger partial charge in [0.25, 0.3) is 10.1 Å². The minimum Gasteiger partial charge on any atom is -0.490 e. The molecule has 0 bridgehead atoms. The second kappa shape index (κ2) is 12.9. The fourth-order valence-corrected chi connectivity index (χ4v) is 4.52. The third kappa shape index (κ3) is 7.14. The molecule has 0 spiro atoms. The summed E-state index contributed by atoms with van der Waals surface area (Å²) in [6.07, 6.45) is -0.394. The molecular formula is C28H26O13S. The van der Waals surface area contributed by atoms with Gasteiger partial charge >= 0.3 is 11.9 Å². The maximum absolute atomic E-state index is 12.8. The molecule has 0 atom stereocenters. The van der Waals surface area contributed by atoms with E-state index in [0.717, 1.165) is 18.4 Å². The van der Waals surface area contributed by atoms with Gasteiger partial charge in [-0.25, -0.2) is 9.59 Å². The van der Waals surface area contributed by atoms with Crippen molar-refractivity contribution in [2.75, 3.05) is 32.7 Å². The Morgan fingerprint density at radius 3 is 1.57 bits per heavy atom. The molecule has 2 aromatic carbocycles. The molecule has 0 aliphatic carbocycles. The number of benzene rings is 2. The largest absolute Gasteiger partial charge is 0.490 e. The van der Waals surface area contributed by atoms with Crippen LogP contribution in [0.15, 0.2) is 67.0 Å². The Bertz CT molecular complexity index is 1730. The lowest BCUT2D eigenvalue weighted by molar-refractivity contribution is 0.0482. The smallest absolute Gasteiger partial charge is 0.374 e. The minimum absolute atomic E-state index is 0.00800. The molecule has 2 aromatic heterocycles. The van der Waals surface area contributed by atoms with Crippen LogP contribution in [0, 0.1) is 0 Å². The van der Waals surface area contributed by atoms with Gasteiger partial charge < -0.3 is 27.8 Å². The topological polar surface area (TPSA) is 175 Å². The number of carbonyl (C=O) groups excluding carboxylic acids is 2. The van der Waals surface area contributed by atoms with Crippen molar-refractivity contribution >= 4 is 44.0 Å². The van der Waals surface area contributed by atoms with Gasteiger partial charge in [-0.15, -0.1) is 0 Å². The third-order valence-electron chi connectivity index (χ3n) is 5.55. The third-order valence-corrected chi connectivity index (χ3v) is 6.17. The lowest BCUT2D eigenvalue weighted by atomic mass is 10.2. The first-order valence-electron chi connectivity index (χ1n) is 12.6. The average molecular weight is 603 g/mol. The van der Waals surface area contributed by atoms with Gasteiger partial charge in [0.1, 0.15) is 52.8 Å². The Kier molecular flexibility index (Phi) is 9.28. The molecule has 222 valence electrons. The van der Waals surface area contributed by atoms with Crippen LogP contribution in [-0.4, -0.2) is 59.1 Å². The highest BCUT2D eigenvalue weighted by Crippen LogP contribution is 2.26. The second-order valence-corrected chi connectivity index (χ2v) is 10.3. The van der Waals surface area contributed by atoms with E-state index in [1.165, 1.54) is 36.4 Å². The predicted molar refractivity (Wildman–Crippen MR) is 148 cm³/mol. The molecule has 14 heteroatoms. The summed E-state index contributed by atoms with van der Waals surface area (Å²) in [6.45, 7) is 2.59. The van der Waals surface area contributed by atoms with E-state index in [9.17, 15) is 27.6 Å². The molecule has 0 saturated heterocycles. The van der Waals surface area contributed by atoms with Crippen LogP contribution in [0.3, 0.4) is 0 Å². The summed E-state index contributed by atoms with van der Waals surface area (Å²) >= 11 is 0. The molecule has 0 saturated carbocycles. The van der Waals surface area contributed by atoms with Crippen LogP contribution in [0.5, 0.6) is 11.5 Å². The highest BCUT2D eigenvalue weighted by atomic mass is 32.2. The molecule has 13 nitrogen and oxygen atoms in total. The molecule has 0 amide bonds. The first-order chi connectivity index (χ1) is 20.0.